The molecular formula is C17H15BrClNO4. The maximum atomic E-state index is 12.7. The second-order valence-electron chi connectivity index (χ2n) is 5.31. The molecule has 1 heterocycles. The summed E-state index contributed by atoms with van der Waals surface area (Å²) in [7, 11) is 3.33. The minimum Gasteiger partial charge on any atom is -0.496 e. The molecule has 0 bridgehead atoms. The van der Waals surface area contributed by atoms with E-state index in [-0.39, 0.29) is 12.7 Å². The molecule has 24 heavy (non-hydrogen) atoms. The highest BCUT2D eigenvalue weighted by Gasteiger charge is 2.22. The number of hydrogen-bond donors (Lipinski definition) is 0. The summed E-state index contributed by atoms with van der Waals surface area (Å²) in [5.41, 5.74) is 1.34. The molecule has 0 fully saturated rings. The number of ether oxygens (including phenoxy) is 3. The predicted octanol–water partition coefficient (Wildman–Crippen LogP) is 4.11. The number of methoxy groups -OCH3 is 1. The highest BCUT2D eigenvalue weighted by atomic mass is 79.9. The van der Waals surface area contributed by atoms with Gasteiger partial charge in [-0.15, -0.1) is 0 Å². The van der Waals surface area contributed by atoms with Crippen molar-refractivity contribution in [3.05, 3.63) is 51.0 Å². The molecule has 3 rings (SSSR count). The van der Waals surface area contributed by atoms with Crippen LogP contribution in [0.1, 0.15) is 15.9 Å². The summed E-state index contributed by atoms with van der Waals surface area (Å²) in [6.45, 7) is 0.505. The van der Waals surface area contributed by atoms with Gasteiger partial charge >= 0.3 is 0 Å². The van der Waals surface area contributed by atoms with Gasteiger partial charge in [-0.25, -0.2) is 0 Å². The fourth-order valence-electron chi connectivity index (χ4n) is 2.51. The lowest BCUT2D eigenvalue weighted by Gasteiger charge is -2.19. The van der Waals surface area contributed by atoms with Gasteiger partial charge in [-0.3, -0.25) is 4.79 Å². The van der Waals surface area contributed by atoms with Crippen LogP contribution in [0.5, 0.6) is 17.2 Å². The number of fused-ring (bicyclic) bond motifs is 1. The monoisotopic (exact) mass is 411 g/mol. The van der Waals surface area contributed by atoms with Crippen molar-refractivity contribution in [1.82, 2.24) is 4.90 Å². The Morgan fingerprint density at radius 3 is 2.88 bits per heavy atom. The van der Waals surface area contributed by atoms with E-state index in [1.807, 2.05) is 18.2 Å². The number of carbonyl (C=O) groups excluding carboxylic acids is 1. The maximum Gasteiger partial charge on any atom is 0.254 e. The molecule has 0 radical (unpaired) electrons. The van der Waals surface area contributed by atoms with Crippen molar-refractivity contribution in [3.8, 4) is 17.2 Å². The third kappa shape index (κ3) is 3.30. The Balaban J connectivity index is 1.83. The molecule has 5 nitrogen and oxygen atoms in total. The van der Waals surface area contributed by atoms with Crippen LogP contribution in [0.3, 0.4) is 0 Å². The zero-order valence-corrected chi connectivity index (χ0v) is 15.5. The molecule has 2 aromatic carbocycles. The average molecular weight is 413 g/mol. The van der Waals surface area contributed by atoms with Crippen molar-refractivity contribution >= 4 is 33.4 Å². The van der Waals surface area contributed by atoms with Gasteiger partial charge in [0.05, 0.1) is 12.1 Å². The van der Waals surface area contributed by atoms with Crippen molar-refractivity contribution in [2.24, 2.45) is 0 Å². The van der Waals surface area contributed by atoms with E-state index in [1.165, 1.54) is 0 Å². The standard InChI is InChI=1S/C17H15BrClNO4/c1-20(8-11-5-12(18)3-4-14(11)22-2)17(21)10-6-13(19)16-15(7-10)23-9-24-16/h3-7H,8-9H2,1-2H3. The van der Waals surface area contributed by atoms with Crippen LogP contribution >= 0.6 is 27.5 Å². The van der Waals surface area contributed by atoms with E-state index in [2.05, 4.69) is 15.9 Å². The Labute approximate surface area is 153 Å². The van der Waals surface area contributed by atoms with Crippen LogP contribution in [-0.2, 0) is 6.54 Å². The molecule has 0 aliphatic carbocycles. The molecule has 1 aliphatic rings. The largest absolute Gasteiger partial charge is 0.496 e. The first-order chi connectivity index (χ1) is 11.5. The molecular weight excluding hydrogens is 398 g/mol. The van der Waals surface area contributed by atoms with Crippen LogP contribution in [0, 0.1) is 0 Å². The van der Waals surface area contributed by atoms with Gasteiger partial charge in [0.25, 0.3) is 5.91 Å². The molecule has 0 aromatic heterocycles. The molecule has 0 atom stereocenters. The van der Waals surface area contributed by atoms with Crippen LogP contribution in [0.2, 0.25) is 5.02 Å². The van der Waals surface area contributed by atoms with Gasteiger partial charge in [0.1, 0.15) is 5.75 Å². The summed E-state index contributed by atoms with van der Waals surface area (Å²) in [5.74, 6) is 1.52. The number of benzene rings is 2. The van der Waals surface area contributed by atoms with E-state index in [9.17, 15) is 4.79 Å². The maximum absolute atomic E-state index is 12.7. The first kappa shape index (κ1) is 16.9. The third-order valence-electron chi connectivity index (χ3n) is 3.67. The van der Waals surface area contributed by atoms with Crippen LogP contribution in [0.25, 0.3) is 0 Å². The normalized spacial score (nSPS) is 12.2. The van der Waals surface area contributed by atoms with Crippen LogP contribution in [0.4, 0.5) is 0 Å². The van der Waals surface area contributed by atoms with E-state index >= 15 is 0 Å². The van der Waals surface area contributed by atoms with E-state index < -0.39 is 0 Å². The summed E-state index contributed by atoms with van der Waals surface area (Å²) < 4.78 is 16.9. The number of nitrogens with zero attached hydrogens (tertiary/aromatic N) is 1. The molecule has 1 aliphatic heterocycles. The third-order valence-corrected chi connectivity index (χ3v) is 4.44. The van der Waals surface area contributed by atoms with Crippen molar-refractivity contribution in [2.75, 3.05) is 21.0 Å². The van der Waals surface area contributed by atoms with Gasteiger partial charge < -0.3 is 19.1 Å². The van der Waals surface area contributed by atoms with Gasteiger partial charge in [0.15, 0.2) is 11.5 Å². The summed E-state index contributed by atoms with van der Waals surface area (Å²) in [5, 5.41) is 0.363. The highest BCUT2D eigenvalue weighted by Crippen LogP contribution is 2.40. The van der Waals surface area contributed by atoms with Gasteiger partial charge in [0, 0.05) is 29.2 Å². The number of amides is 1. The van der Waals surface area contributed by atoms with E-state index in [1.54, 1.807) is 31.2 Å². The van der Waals surface area contributed by atoms with Crippen molar-refractivity contribution in [2.45, 2.75) is 6.54 Å². The summed E-state index contributed by atoms with van der Waals surface area (Å²) >= 11 is 9.58. The summed E-state index contributed by atoms with van der Waals surface area (Å²) in [6, 6.07) is 8.91. The van der Waals surface area contributed by atoms with Crippen LogP contribution in [-0.4, -0.2) is 31.8 Å². The molecule has 0 spiro atoms. The molecule has 1 amide bonds. The fraction of sp³-hybridized carbons (Fsp3) is 0.235. The van der Waals surface area contributed by atoms with Gasteiger partial charge in [0.2, 0.25) is 6.79 Å². The second kappa shape index (κ2) is 6.91. The summed E-state index contributed by atoms with van der Waals surface area (Å²) in [6.07, 6.45) is 0. The molecule has 0 N–H and O–H groups in total. The minimum absolute atomic E-state index is 0.109. The SMILES string of the molecule is COc1ccc(Br)cc1CN(C)C(=O)c1cc(Cl)c2c(c1)OCO2. The zero-order chi connectivity index (χ0) is 17.3. The average Bonchev–Trinajstić information content (AvgIpc) is 3.03. The Hall–Kier alpha value is -1.92. The Morgan fingerprint density at radius 1 is 1.33 bits per heavy atom. The topological polar surface area (TPSA) is 48.0 Å². The molecule has 7 heteroatoms. The number of carbonyl (C=O) groups is 1. The Kier molecular flexibility index (Phi) is 4.87. The van der Waals surface area contributed by atoms with Crippen LogP contribution in [0.15, 0.2) is 34.8 Å². The Morgan fingerprint density at radius 2 is 2.12 bits per heavy atom. The van der Waals surface area contributed by atoms with E-state index in [4.69, 9.17) is 25.8 Å². The molecule has 0 unspecified atom stereocenters. The lowest BCUT2D eigenvalue weighted by atomic mass is 10.1. The van der Waals surface area contributed by atoms with E-state index in [0.29, 0.717) is 28.6 Å². The van der Waals surface area contributed by atoms with Gasteiger partial charge in [-0.1, -0.05) is 27.5 Å². The first-order valence-electron chi connectivity index (χ1n) is 7.16. The smallest absolute Gasteiger partial charge is 0.254 e. The van der Waals surface area contributed by atoms with Crippen molar-refractivity contribution < 1.29 is 19.0 Å². The zero-order valence-electron chi connectivity index (χ0n) is 13.1. The quantitative estimate of drug-likeness (QED) is 0.758. The second-order valence-corrected chi connectivity index (χ2v) is 6.63. The molecule has 0 saturated carbocycles. The fourth-order valence-corrected chi connectivity index (χ4v) is 3.18. The lowest BCUT2D eigenvalue weighted by molar-refractivity contribution is 0.0783. The Bertz CT molecular complexity index is 796. The number of rotatable bonds is 4. The molecule has 126 valence electrons. The molecule has 0 saturated heterocycles. The predicted molar refractivity (Wildman–Crippen MR) is 94.1 cm³/mol. The lowest BCUT2D eigenvalue weighted by Crippen LogP contribution is -2.26. The highest BCUT2D eigenvalue weighted by molar-refractivity contribution is 9.10. The van der Waals surface area contributed by atoms with Crippen molar-refractivity contribution in [3.63, 3.8) is 0 Å². The van der Waals surface area contributed by atoms with Gasteiger partial charge in [-0.2, -0.15) is 0 Å². The summed E-state index contributed by atoms with van der Waals surface area (Å²) in [4.78, 5) is 14.3. The van der Waals surface area contributed by atoms with Crippen LogP contribution < -0.4 is 14.2 Å². The first-order valence-corrected chi connectivity index (χ1v) is 8.33. The number of halogens is 2. The minimum atomic E-state index is -0.169. The van der Waals surface area contributed by atoms with Gasteiger partial charge in [-0.05, 0) is 30.3 Å². The van der Waals surface area contributed by atoms with E-state index in [0.717, 1.165) is 15.8 Å². The van der Waals surface area contributed by atoms with Crippen molar-refractivity contribution in [1.29, 1.82) is 0 Å². The number of hydrogen-bond acceptors (Lipinski definition) is 4. The molecule has 2 aromatic rings.